The van der Waals surface area contributed by atoms with E-state index in [4.69, 9.17) is 5.10 Å². The number of ketones is 1. The molecule has 0 spiro atoms. The number of alkyl halides is 3. The Morgan fingerprint density at radius 1 is 1.09 bits per heavy atom. The number of anilines is 2. The summed E-state index contributed by atoms with van der Waals surface area (Å²) in [5, 5.41) is 8.05. The predicted octanol–water partition coefficient (Wildman–Crippen LogP) is 5.84. The first kappa shape index (κ1) is 30.1. The van der Waals surface area contributed by atoms with Crippen LogP contribution in [0.1, 0.15) is 60.9 Å². The summed E-state index contributed by atoms with van der Waals surface area (Å²) < 4.78 is 58.2. The first-order valence-corrected chi connectivity index (χ1v) is 15.1. The number of amides is 2. The number of urea groups is 1. The molecular weight excluding hydrogens is 576 g/mol. The fraction of sp³-hybridized carbons (Fsp3) is 0.469. The van der Waals surface area contributed by atoms with Gasteiger partial charge in [-0.1, -0.05) is 30.3 Å². The minimum absolute atomic E-state index is 0.0406. The number of hydrogen-bond donors (Lipinski definition) is 1. The van der Waals surface area contributed by atoms with Crippen LogP contribution in [0.25, 0.3) is 0 Å². The second kappa shape index (κ2) is 11.9. The van der Waals surface area contributed by atoms with Gasteiger partial charge >= 0.3 is 12.2 Å². The predicted molar refractivity (Wildman–Crippen MR) is 158 cm³/mol. The van der Waals surface area contributed by atoms with Crippen molar-refractivity contribution in [2.45, 2.75) is 76.9 Å². The van der Waals surface area contributed by atoms with Gasteiger partial charge in [-0.05, 0) is 69.3 Å². The summed E-state index contributed by atoms with van der Waals surface area (Å²) in [5.41, 5.74) is 1.21. The Bertz CT molecular complexity index is 1520. The van der Waals surface area contributed by atoms with E-state index in [2.05, 4.69) is 5.32 Å². The average Bonchev–Trinajstić information content (AvgIpc) is 3.65. The molecule has 1 N–H and O–H groups in total. The van der Waals surface area contributed by atoms with Crippen molar-refractivity contribution in [2.75, 3.05) is 29.4 Å². The Morgan fingerprint density at radius 3 is 2.50 bits per heavy atom. The van der Waals surface area contributed by atoms with Crippen molar-refractivity contribution in [2.24, 2.45) is 0 Å². The number of nitrogens with one attached hydrogen (secondary N) is 1. The van der Waals surface area contributed by atoms with E-state index in [-0.39, 0.29) is 48.2 Å². The Hall–Kier alpha value is -3.93. The number of hydrogen-bond acceptors (Lipinski definition) is 5. The summed E-state index contributed by atoms with van der Waals surface area (Å²) >= 11 is 0. The van der Waals surface area contributed by atoms with Gasteiger partial charge in [-0.2, -0.15) is 18.3 Å². The first-order chi connectivity index (χ1) is 21.0. The van der Waals surface area contributed by atoms with Crippen molar-refractivity contribution in [3.63, 3.8) is 0 Å². The molecule has 2 fully saturated rings. The standard InChI is InChI=1S/C32H36F4N6O2/c1-20-7-5-10-26(33)28(20)39-15-12-24(13-16-39)40-18-23-19-42(29(21(2)43)27-11-6-14-37-27)38-30(23)41(31(40)44)17-22-8-3-4-9-25(22)32(34,35)36/h3-5,7-10,19,24,27,29,37H,6,11-18H2,1-2H3. The van der Waals surface area contributed by atoms with E-state index in [0.29, 0.717) is 37.2 Å². The van der Waals surface area contributed by atoms with Crippen LogP contribution < -0.4 is 15.1 Å². The van der Waals surface area contributed by atoms with E-state index in [1.165, 1.54) is 36.1 Å². The minimum Gasteiger partial charge on any atom is -0.369 e. The summed E-state index contributed by atoms with van der Waals surface area (Å²) in [6.07, 6.45) is 0.0238. The second-order valence-electron chi connectivity index (χ2n) is 12.0. The molecule has 2 saturated heterocycles. The normalized spacial score (nSPS) is 20.3. The van der Waals surface area contributed by atoms with E-state index in [1.807, 2.05) is 17.9 Å². The highest BCUT2D eigenvalue weighted by Crippen LogP contribution is 2.38. The van der Waals surface area contributed by atoms with Crippen LogP contribution in [0.4, 0.5) is 33.9 Å². The number of benzene rings is 2. The van der Waals surface area contributed by atoms with E-state index < -0.39 is 23.8 Å². The lowest BCUT2D eigenvalue weighted by molar-refractivity contribution is -0.138. The van der Waals surface area contributed by atoms with Crippen LogP contribution in [0, 0.1) is 12.7 Å². The molecule has 12 heteroatoms. The van der Waals surface area contributed by atoms with Crippen molar-refractivity contribution in [3.05, 3.63) is 76.7 Å². The number of carbonyl (C=O) groups is 2. The fourth-order valence-electron chi connectivity index (χ4n) is 6.99. The molecule has 3 aliphatic rings. The number of aromatic nitrogens is 2. The maximum atomic E-state index is 14.7. The number of piperidine rings is 1. The summed E-state index contributed by atoms with van der Waals surface area (Å²) in [6.45, 7) is 5.10. The van der Waals surface area contributed by atoms with Gasteiger partial charge in [0, 0.05) is 36.9 Å². The van der Waals surface area contributed by atoms with Crippen molar-refractivity contribution in [1.82, 2.24) is 20.0 Å². The molecule has 44 heavy (non-hydrogen) atoms. The quantitative estimate of drug-likeness (QED) is 0.340. The lowest BCUT2D eigenvalue weighted by atomic mass is 9.99. The zero-order chi connectivity index (χ0) is 31.2. The molecular formula is C32H36F4N6O2. The number of halogens is 4. The van der Waals surface area contributed by atoms with Gasteiger partial charge in [0.15, 0.2) is 11.6 Å². The van der Waals surface area contributed by atoms with Crippen molar-refractivity contribution in [3.8, 4) is 0 Å². The molecule has 8 nitrogen and oxygen atoms in total. The largest absolute Gasteiger partial charge is 0.416 e. The maximum Gasteiger partial charge on any atom is 0.416 e. The van der Waals surface area contributed by atoms with Gasteiger partial charge in [0.05, 0.1) is 24.3 Å². The molecule has 0 aliphatic carbocycles. The van der Waals surface area contributed by atoms with Crippen molar-refractivity contribution in [1.29, 1.82) is 0 Å². The summed E-state index contributed by atoms with van der Waals surface area (Å²) in [7, 11) is 0. The Balaban J connectivity index is 1.32. The monoisotopic (exact) mass is 612 g/mol. The lowest BCUT2D eigenvalue weighted by Crippen LogP contribution is -2.54. The van der Waals surface area contributed by atoms with Crippen LogP contribution in [0.2, 0.25) is 0 Å². The number of nitrogens with zero attached hydrogens (tertiary/aromatic N) is 5. The molecule has 0 radical (unpaired) electrons. The highest BCUT2D eigenvalue weighted by Gasteiger charge is 2.41. The van der Waals surface area contributed by atoms with Gasteiger partial charge in [0.2, 0.25) is 0 Å². The number of carbonyl (C=O) groups excluding carboxylic acids is 2. The molecule has 234 valence electrons. The van der Waals surface area contributed by atoms with E-state index in [1.54, 1.807) is 21.8 Å². The third-order valence-electron chi connectivity index (χ3n) is 9.10. The van der Waals surface area contributed by atoms with E-state index in [9.17, 15) is 27.2 Å². The molecule has 4 heterocycles. The molecule has 1 aromatic heterocycles. The molecule has 0 saturated carbocycles. The van der Waals surface area contributed by atoms with E-state index in [0.717, 1.165) is 31.0 Å². The first-order valence-electron chi connectivity index (χ1n) is 15.1. The maximum absolute atomic E-state index is 14.7. The molecule has 3 aliphatic heterocycles. The van der Waals surface area contributed by atoms with Crippen LogP contribution in [0.15, 0.2) is 48.7 Å². The molecule has 2 unspecified atom stereocenters. The van der Waals surface area contributed by atoms with Crippen LogP contribution >= 0.6 is 0 Å². The molecule has 6 rings (SSSR count). The Kier molecular flexibility index (Phi) is 8.12. The third-order valence-corrected chi connectivity index (χ3v) is 9.10. The molecule has 2 amide bonds. The SMILES string of the molecule is CC(=O)C(C1CCCN1)n1cc2c(n1)N(Cc1ccccc1C(F)(F)F)C(=O)N(C1CCN(c3c(C)cccc3F)CC1)C2. The van der Waals surface area contributed by atoms with Gasteiger partial charge in [-0.15, -0.1) is 0 Å². The zero-order valence-corrected chi connectivity index (χ0v) is 24.8. The topological polar surface area (TPSA) is 73.7 Å². The zero-order valence-electron chi connectivity index (χ0n) is 24.8. The number of Topliss-reactive ketones (excluding diaryl/α,β-unsaturated/α-hetero) is 1. The van der Waals surface area contributed by atoms with Gasteiger partial charge in [0.1, 0.15) is 11.9 Å². The van der Waals surface area contributed by atoms with Crippen LogP contribution in [0.5, 0.6) is 0 Å². The lowest BCUT2D eigenvalue weighted by Gasteiger charge is -2.43. The number of aryl methyl sites for hydroxylation is 1. The highest BCUT2D eigenvalue weighted by molar-refractivity contribution is 5.94. The molecule has 2 aromatic carbocycles. The van der Waals surface area contributed by atoms with Crippen LogP contribution in [-0.2, 0) is 24.1 Å². The Morgan fingerprint density at radius 2 is 1.84 bits per heavy atom. The number of para-hydroxylation sites is 1. The highest BCUT2D eigenvalue weighted by atomic mass is 19.4. The summed E-state index contributed by atoms with van der Waals surface area (Å²) in [6, 6.07) is 8.87. The van der Waals surface area contributed by atoms with Crippen LogP contribution in [-0.4, -0.2) is 58.2 Å². The minimum atomic E-state index is -4.59. The Labute approximate surface area is 253 Å². The number of rotatable bonds is 7. The summed E-state index contributed by atoms with van der Waals surface area (Å²) in [5.74, 6) is -0.107. The van der Waals surface area contributed by atoms with Gasteiger partial charge in [-0.25, -0.2) is 9.18 Å². The number of fused-ring (bicyclic) bond motifs is 1. The smallest absolute Gasteiger partial charge is 0.369 e. The molecule has 3 aromatic rings. The average molecular weight is 613 g/mol. The fourth-order valence-corrected chi connectivity index (χ4v) is 6.99. The summed E-state index contributed by atoms with van der Waals surface area (Å²) in [4.78, 5) is 31.9. The molecule has 0 bridgehead atoms. The van der Waals surface area contributed by atoms with Crippen molar-refractivity contribution >= 4 is 23.3 Å². The van der Waals surface area contributed by atoms with Gasteiger partial charge in [0.25, 0.3) is 0 Å². The van der Waals surface area contributed by atoms with Crippen molar-refractivity contribution < 1.29 is 27.2 Å². The van der Waals surface area contributed by atoms with E-state index >= 15 is 0 Å². The van der Waals surface area contributed by atoms with Gasteiger partial charge < -0.3 is 15.1 Å². The second-order valence-corrected chi connectivity index (χ2v) is 12.0. The van der Waals surface area contributed by atoms with Gasteiger partial charge in [-0.3, -0.25) is 14.4 Å². The molecule has 2 atom stereocenters. The van der Waals surface area contributed by atoms with Crippen LogP contribution in [0.3, 0.4) is 0 Å². The third kappa shape index (κ3) is 5.67.